The number of aliphatic hydroxyl groups is 1. The average Bonchev–Trinajstić information content (AvgIpc) is 2.59. The molecule has 1 fully saturated rings. The van der Waals surface area contributed by atoms with Crippen LogP contribution in [0.4, 0.5) is 11.5 Å². The van der Waals surface area contributed by atoms with Crippen LogP contribution in [0, 0.1) is 5.41 Å². The Labute approximate surface area is 157 Å². The number of hydrogen-bond acceptors (Lipinski definition) is 6. The zero-order valence-electron chi connectivity index (χ0n) is 14.5. The van der Waals surface area contributed by atoms with Crippen molar-refractivity contribution in [3.8, 4) is 0 Å². The van der Waals surface area contributed by atoms with Gasteiger partial charge in [-0.15, -0.1) is 0 Å². The molecule has 0 saturated carbocycles. The molecule has 3 rings (SSSR count). The van der Waals surface area contributed by atoms with Crippen LogP contribution in [0.2, 0.25) is 5.02 Å². The molecule has 0 spiro atoms. The smallest absolute Gasteiger partial charge is 0.143 e. The van der Waals surface area contributed by atoms with Gasteiger partial charge in [0.1, 0.15) is 10.8 Å². The molecule has 0 atom stereocenters. The first kappa shape index (κ1) is 18.3. The number of piperidine rings is 1. The predicted molar refractivity (Wildman–Crippen MR) is 103 cm³/mol. The second kappa shape index (κ2) is 7.40. The first-order chi connectivity index (χ1) is 11.9. The van der Waals surface area contributed by atoms with Crippen molar-refractivity contribution in [2.45, 2.75) is 43.2 Å². The lowest BCUT2D eigenvalue weighted by Crippen LogP contribution is -2.37. The molecule has 25 heavy (non-hydrogen) atoms. The van der Waals surface area contributed by atoms with Crippen LogP contribution in [0.1, 0.15) is 32.4 Å². The van der Waals surface area contributed by atoms with E-state index in [1.54, 1.807) is 6.20 Å². The molecule has 0 aliphatic carbocycles. The molecule has 0 aromatic carbocycles. The Bertz CT molecular complexity index is 759. The van der Waals surface area contributed by atoms with Gasteiger partial charge >= 0.3 is 0 Å². The van der Waals surface area contributed by atoms with Crippen molar-refractivity contribution in [1.29, 1.82) is 0 Å². The van der Waals surface area contributed by atoms with Crippen molar-refractivity contribution >= 4 is 34.9 Å². The van der Waals surface area contributed by atoms with Gasteiger partial charge in [0.25, 0.3) is 0 Å². The van der Waals surface area contributed by atoms with E-state index in [1.165, 1.54) is 11.8 Å². The van der Waals surface area contributed by atoms with E-state index in [0.717, 1.165) is 41.5 Å². The molecule has 3 heterocycles. The number of nitrogens with two attached hydrogens (primary N) is 1. The van der Waals surface area contributed by atoms with Gasteiger partial charge in [-0.05, 0) is 36.5 Å². The molecular formula is C18H23ClN4OS. The third-order valence-corrected chi connectivity index (χ3v) is 6.13. The summed E-state index contributed by atoms with van der Waals surface area (Å²) in [6.45, 7) is 6.50. The number of hydrogen-bond donors (Lipinski definition) is 2. The highest BCUT2D eigenvalue weighted by Gasteiger charge is 2.26. The highest BCUT2D eigenvalue weighted by Crippen LogP contribution is 2.37. The first-order valence-corrected chi connectivity index (χ1v) is 9.53. The topological polar surface area (TPSA) is 75.3 Å². The quantitative estimate of drug-likeness (QED) is 0.838. The summed E-state index contributed by atoms with van der Waals surface area (Å²) in [7, 11) is 0. The van der Waals surface area contributed by atoms with Gasteiger partial charge in [0, 0.05) is 24.2 Å². The molecule has 0 amide bonds. The Morgan fingerprint density at radius 3 is 2.68 bits per heavy atom. The Balaban J connectivity index is 1.81. The fourth-order valence-corrected chi connectivity index (χ4v) is 3.99. The minimum Gasteiger partial charge on any atom is -0.390 e. The van der Waals surface area contributed by atoms with Gasteiger partial charge in [0.05, 0.1) is 23.0 Å². The van der Waals surface area contributed by atoms with Crippen molar-refractivity contribution in [3.05, 3.63) is 35.1 Å². The molecule has 7 heteroatoms. The number of nitrogen functional groups attached to an aromatic ring is 1. The maximum atomic E-state index is 9.79. The first-order valence-electron chi connectivity index (χ1n) is 8.33. The minimum absolute atomic E-state index is 0.0875. The number of nitrogens with zero attached hydrogens (tertiary/aromatic N) is 3. The van der Waals surface area contributed by atoms with Gasteiger partial charge < -0.3 is 15.7 Å². The van der Waals surface area contributed by atoms with E-state index in [0.29, 0.717) is 21.9 Å². The molecule has 2 aromatic heterocycles. The number of rotatable bonds is 4. The molecule has 0 unspecified atom stereocenters. The highest BCUT2D eigenvalue weighted by molar-refractivity contribution is 7.99. The molecule has 1 aliphatic heterocycles. The lowest BCUT2D eigenvalue weighted by Gasteiger charge is -2.38. The van der Waals surface area contributed by atoms with Crippen LogP contribution in [0.15, 0.2) is 34.3 Å². The van der Waals surface area contributed by atoms with Crippen LogP contribution in [-0.2, 0) is 6.61 Å². The molecule has 1 saturated heterocycles. The molecule has 134 valence electrons. The standard InChI is InChI=1S/C18H23ClN4OS/c1-18(2)6-9-23(10-7-18)13-3-4-15(22-12(13)11-24)25-14-5-8-21-17(20)16(14)19/h3-5,8,24H,6-7,9-11H2,1-2H3,(H2,20,21). The summed E-state index contributed by atoms with van der Waals surface area (Å²) in [6, 6.07) is 5.81. The molecule has 1 aliphatic rings. The van der Waals surface area contributed by atoms with Crippen molar-refractivity contribution in [1.82, 2.24) is 9.97 Å². The summed E-state index contributed by atoms with van der Waals surface area (Å²) in [4.78, 5) is 11.7. The number of pyridine rings is 2. The Hall–Kier alpha value is -1.50. The summed E-state index contributed by atoms with van der Waals surface area (Å²) in [5.74, 6) is 0.307. The molecule has 0 bridgehead atoms. The van der Waals surface area contributed by atoms with Crippen LogP contribution in [-0.4, -0.2) is 28.2 Å². The van der Waals surface area contributed by atoms with Gasteiger partial charge in [-0.2, -0.15) is 0 Å². The monoisotopic (exact) mass is 378 g/mol. The number of aromatic nitrogens is 2. The molecule has 5 nitrogen and oxygen atoms in total. The van der Waals surface area contributed by atoms with Crippen molar-refractivity contribution < 1.29 is 5.11 Å². The van der Waals surface area contributed by atoms with Crippen molar-refractivity contribution in [3.63, 3.8) is 0 Å². The van der Waals surface area contributed by atoms with E-state index in [1.807, 2.05) is 18.2 Å². The largest absolute Gasteiger partial charge is 0.390 e. The third kappa shape index (κ3) is 4.19. The number of halogens is 1. The van der Waals surface area contributed by atoms with Crippen molar-refractivity contribution in [2.24, 2.45) is 5.41 Å². The van der Waals surface area contributed by atoms with Gasteiger partial charge in [0.15, 0.2) is 0 Å². The summed E-state index contributed by atoms with van der Waals surface area (Å²) in [5, 5.41) is 11.0. The van der Waals surface area contributed by atoms with E-state index in [4.69, 9.17) is 17.3 Å². The maximum absolute atomic E-state index is 9.79. The Kier molecular flexibility index (Phi) is 5.41. The van der Waals surface area contributed by atoms with Gasteiger partial charge in [-0.1, -0.05) is 37.2 Å². The molecule has 0 radical (unpaired) electrons. The van der Waals surface area contributed by atoms with Gasteiger partial charge in [-0.25, -0.2) is 9.97 Å². The highest BCUT2D eigenvalue weighted by atomic mass is 35.5. The summed E-state index contributed by atoms with van der Waals surface area (Å²) in [5.41, 5.74) is 7.85. The zero-order chi connectivity index (χ0) is 18.0. The van der Waals surface area contributed by atoms with Crippen LogP contribution >= 0.6 is 23.4 Å². The van der Waals surface area contributed by atoms with E-state index in [2.05, 4.69) is 28.7 Å². The van der Waals surface area contributed by atoms with E-state index < -0.39 is 0 Å². The lowest BCUT2D eigenvalue weighted by atomic mass is 9.82. The Morgan fingerprint density at radius 1 is 1.28 bits per heavy atom. The van der Waals surface area contributed by atoms with E-state index in [-0.39, 0.29) is 6.61 Å². The van der Waals surface area contributed by atoms with Gasteiger partial charge in [-0.3, -0.25) is 0 Å². The van der Waals surface area contributed by atoms with E-state index >= 15 is 0 Å². The van der Waals surface area contributed by atoms with Crippen molar-refractivity contribution in [2.75, 3.05) is 23.7 Å². The fourth-order valence-electron chi connectivity index (χ4n) is 2.92. The second-order valence-electron chi connectivity index (χ2n) is 7.04. The van der Waals surface area contributed by atoms with Crippen LogP contribution in [0.25, 0.3) is 0 Å². The summed E-state index contributed by atoms with van der Waals surface area (Å²) < 4.78 is 0. The number of anilines is 2. The van der Waals surface area contributed by atoms with Crippen LogP contribution < -0.4 is 10.6 Å². The molecular weight excluding hydrogens is 356 g/mol. The molecule has 2 aromatic rings. The third-order valence-electron chi connectivity index (χ3n) is 4.63. The lowest BCUT2D eigenvalue weighted by molar-refractivity contribution is 0.269. The minimum atomic E-state index is -0.0875. The SMILES string of the molecule is CC1(C)CCN(c2ccc(Sc3ccnc(N)c3Cl)nc2CO)CC1. The van der Waals surface area contributed by atoms with E-state index in [9.17, 15) is 5.11 Å². The summed E-state index contributed by atoms with van der Waals surface area (Å²) in [6.07, 6.45) is 3.90. The van der Waals surface area contributed by atoms with Crippen LogP contribution in [0.5, 0.6) is 0 Å². The number of aliphatic hydroxyl groups excluding tert-OH is 1. The maximum Gasteiger partial charge on any atom is 0.143 e. The second-order valence-corrected chi connectivity index (χ2v) is 8.48. The summed E-state index contributed by atoms with van der Waals surface area (Å²) >= 11 is 7.62. The molecule has 3 N–H and O–H groups in total. The predicted octanol–water partition coefficient (Wildman–Crippen LogP) is 3.98. The normalized spacial score (nSPS) is 16.9. The van der Waals surface area contributed by atoms with Gasteiger partial charge in [0.2, 0.25) is 0 Å². The zero-order valence-corrected chi connectivity index (χ0v) is 16.1. The van der Waals surface area contributed by atoms with Crippen LogP contribution in [0.3, 0.4) is 0 Å². The Morgan fingerprint density at radius 2 is 2.00 bits per heavy atom. The average molecular weight is 379 g/mol. The fraction of sp³-hybridized carbons (Fsp3) is 0.444.